The molecular weight excluding hydrogens is 294 g/mol. The van der Waals surface area contributed by atoms with Crippen LogP contribution in [0.4, 0.5) is 11.6 Å². The van der Waals surface area contributed by atoms with Crippen molar-refractivity contribution in [1.29, 1.82) is 5.26 Å². The number of nitrogens with one attached hydrogen (secondary N) is 1. The number of rotatable bonds is 2. The van der Waals surface area contributed by atoms with Crippen LogP contribution in [-0.4, -0.2) is 26.8 Å². The second-order valence-corrected chi connectivity index (χ2v) is 5.96. The summed E-state index contributed by atoms with van der Waals surface area (Å²) in [5.74, 6) is 1.45. The Hall–Kier alpha value is -2.85. The van der Waals surface area contributed by atoms with Gasteiger partial charge in [0, 0.05) is 11.6 Å². The van der Waals surface area contributed by atoms with Gasteiger partial charge in [-0.15, -0.1) is 0 Å². The number of fused-ring (bicyclic) bond motifs is 1. The number of nitrogens with zero attached hydrogens (tertiary/aromatic N) is 3. The molecule has 0 bridgehead atoms. The minimum Gasteiger partial charge on any atom is -0.485 e. The van der Waals surface area contributed by atoms with Gasteiger partial charge in [-0.3, -0.25) is 0 Å². The fourth-order valence-corrected chi connectivity index (χ4v) is 2.64. The van der Waals surface area contributed by atoms with Crippen molar-refractivity contribution >= 4 is 11.6 Å². The molecule has 0 aliphatic carbocycles. The van der Waals surface area contributed by atoms with Crippen molar-refractivity contribution in [3.8, 4) is 11.8 Å². The molecule has 2 atom stereocenters. The number of ether oxygens (including phenoxy) is 1. The molecular formula is C16H17N5O2. The van der Waals surface area contributed by atoms with Gasteiger partial charge in [-0.25, -0.2) is 9.97 Å². The fourth-order valence-electron chi connectivity index (χ4n) is 2.64. The second-order valence-electron chi connectivity index (χ2n) is 5.96. The van der Waals surface area contributed by atoms with Crippen molar-refractivity contribution in [3.05, 3.63) is 41.7 Å². The zero-order chi connectivity index (χ0) is 16.6. The van der Waals surface area contributed by atoms with E-state index < -0.39 is 17.7 Å². The van der Waals surface area contributed by atoms with Crippen molar-refractivity contribution in [3.63, 3.8) is 0 Å². The van der Waals surface area contributed by atoms with E-state index in [0.717, 1.165) is 0 Å². The summed E-state index contributed by atoms with van der Waals surface area (Å²) in [5.41, 5.74) is 6.07. The lowest BCUT2D eigenvalue weighted by Gasteiger charge is -2.42. The molecule has 0 saturated heterocycles. The third kappa shape index (κ3) is 2.76. The number of aromatic nitrogens is 2. The number of hydrogen-bond donors (Lipinski definition) is 3. The lowest BCUT2D eigenvalue weighted by Crippen LogP contribution is -2.50. The van der Waals surface area contributed by atoms with Crippen LogP contribution in [0, 0.1) is 11.3 Å². The van der Waals surface area contributed by atoms with E-state index in [9.17, 15) is 5.11 Å². The quantitative estimate of drug-likeness (QED) is 0.771. The summed E-state index contributed by atoms with van der Waals surface area (Å²) in [6.07, 6.45) is 0.501. The zero-order valence-corrected chi connectivity index (χ0v) is 12.8. The van der Waals surface area contributed by atoms with Crippen LogP contribution in [0.2, 0.25) is 0 Å². The average molecular weight is 311 g/mol. The number of aliphatic hydroxyl groups is 1. The Labute approximate surface area is 133 Å². The van der Waals surface area contributed by atoms with E-state index in [4.69, 9.17) is 15.7 Å². The van der Waals surface area contributed by atoms with Gasteiger partial charge in [0.1, 0.15) is 35.4 Å². The Kier molecular flexibility index (Phi) is 3.54. The molecule has 1 aliphatic heterocycles. The first-order valence-electron chi connectivity index (χ1n) is 7.16. The first-order valence-corrected chi connectivity index (χ1v) is 7.16. The van der Waals surface area contributed by atoms with Crippen LogP contribution < -0.4 is 15.8 Å². The monoisotopic (exact) mass is 311 g/mol. The SMILES string of the molecule is CC1(C)Oc2ccc(C#N)cc2[C@H](Nc2cc(N)ncn2)[C@H]1O. The van der Waals surface area contributed by atoms with Gasteiger partial charge in [-0.1, -0.05) is 0 Å². The van der Waals surface area contributed by atoms with Gasteiger partial charge in [-0.2, -0.15) is 5.26 Å². The molecule has 7 heteroatoms. The predicted octanol–water partition coefficient (Wildman–Crippen LogP) is 1.62. The number of nitrogens with two attached hydrogens (primary N) is 1. The van der Waals surface area contributed by atoms with Crippen LogP contribution >= 0.6 is 0 Å². The van der Waals surface area contributed by atoms with E-state index in [1.54, 1.807) is 24.3 Å². The van der Waals surface area contributed by atoms with E-state index in [1.807, 2.05) is 13.8 Å². The van der Waals surface area contributed by atoms with Crippen molar-refractivity contribution in [2.24, 2.45) is 0 Å². The minimum atomic E-state index is -0.847. The number of aliphatic hydroxyl groups excluding tert-OH is 1. The number of nitrogen functional groups attached to an aromatic ring is 1. The van der Waals surface area contributed by atoms with Crippen LogP contribution in [0.15, 0.2) is 30.6 Å². The van der Waals surface area contributed by atoms with Crippen molar-refractivity contribution in [1.82, 2.24) is 9.97 Å². The van der Waals surface area contributed by atoms with E-state index >= 15 is 0 Å². The molecule has 0 amide bonds. The van der Waals surface area contributed by atoms with Gasteiger partial charge in [0.05, 0.1) is 17.7 Å². The summed E-state index contributed by atoms with van der Waals surface area (Å²) in [6, 6.07) is 8.32. The van der Waals surface area contributed by atoms with Crippen LogP contribution in [0.25, 0.3) is 0 Å². The van der Waals surface area contributed by atoms with Gasteiger partial charge in [-0.05, 0) is 32.0 Å². The summed E-state index contributed by atoms with van der Waals surface area (Å²) < 4.78 is 5.87. The molecule has 118 valence electrons. The van der Waals surface area contributed by atoms with Gasteiger partial charge in [0.2, 0.25) is 0 Å². The number of nitriles is 1. The molecule has 4 N–H and O–H groups in total. The molecule has 23 heavy (non-hydrogen) atoms. The van der Waals surface area contributed by atoms with E-state index in [0.29, 0.717) is 28.5 Å². The molecule has 1 aromatic heterocycles. The number of hydrogen-bond acceptors (Lipinski definition) is 7. The third-order valence-corrected chi connectivity index (χ3v) is 3.87. The van der Waals surface area contributed by atoms with Crippen LogP contribution in [0.1, 0.15) is 31.0 Å². The number of benzene rings is 1. The van der Waals surface area contributed by atoms with Crippen LogP contribution in [0.3, 0.4) is 0 Å². The van der Waals surface area contributed by atoms with Gasteiger partial charge in [0.25, 0.3) is 0 Å². The van der Waals surface area contributed by atoms with Crippen molar-refractivity contribution in [2.45, 2.75) is 31.6 Å². The lowest BCUT2D eigenvalue weighted by atomic mass is 9.86. The molecule has 0 saturated carbocycles. The maximum atomic E-state index is 10.7. The largest absolute Gasteiger partial charge is 0.485 e. The Balaban J connectivity index is 2.05. The highest BCUT2D eigenvalue weighted by molar-refractivity contribution is 5.52. The van der Waals surface area contributed by atoms with Gasteiger partial charge < -0.3 is 20.9 Å². The molecule has 1 aromatic carbocycles. The third-order valence-electron chi connectivity index (χ3n) is 3.87. The summed E-state index contributed by atoms with van der Waals surface area (Å²) >= 11 is 0. The minimum absolute atomic E-state index is 0.328. The summed E-state index contributed by atoms with van der Waals surface area (Å²) in [6.45, 7) is 3.61. The van der Waals surface area contributed by atoms with E-state index in [-0.39, 0.29) is 0 Å². The topological polar surface area (TPSA) is 117 Å². The Morgan fingerprint density at radius 1 is 1.35 bits per heavy atom. The normalized spacial score (nSPS) is 21.7. The van der Waals surface area contributed by atoms with Crippen molar-refractivity contribution in [2.75, 3.05) is 11.1 Å². The van der Waals surface area contributed by atoms with Crippen LogP contribution in [0.5, 0.6) is 5.75 Å². The standard InChI is InChI=1S/C16H17N5O2/c1-16(2)15(22)14(21-13-6-12(18)19-8-20-13)10-5-9(7-17)3-4-11(10)23-16/h3-6,8,14-15,22H,1-2H3,(H3,18,19,20,21)/t14-,15+/m0/s1. The van der Waals surface area contributed by atoms with E-state index in [1.165, 1.54) is 6.33 Å². The zero-order valence-electron chi connectivity index (χ0n) is 12.8. The molecule has 0 spiro atoms. The molecule has 1 aliphatic rings. The highest BCUT2D eigenvalue weighted by Gasteiger charge is 2.43. The maximum Gasteiger partial charge on any atom is 0.132 e. The second kappa shape index (κ2) is 5.41. The first-order chi connectivity index (χ1) is 10.9. The smallest absolute Gasteiger partial charge is 0.132 e. The summed E-state index contributed by atoms with van der Waals surface area (Å²) in [5, 5.41) is 23.0. The molecule has 0 radical (unpaired) electrons. The molecule has 0 unspecified atom stereocenters. The van der Waals surface area contributed by atoms with Gasteiger partial charge in [0.15, 0.2) is 0 Å². The summed E-state index contributed by atoms with van der Waals surface area (Å²) in [4.78, 5) is 7.96. The van der Waals surface area contributed by atoms with Crippen LogP contribution in [-0.2, 0) is 0 Å². The first kappa shape index (κ1) is 15.1. The Morgan fingerprint density at radius 3 is 2.83 bits per heavy atom. The number of anilines is 2. The molecule has 2 heterocycles. The van der Waals surface area contributed by atoms with Gasteiger partial charge >= 0.3 is 0 Å². The van der Waals surface area contributed by atoms with E-state index in [2.05, 4.69) is 21.4 Å². The highest BCUT2D eigenvalue weighted by atomic mass is 16.5. The average Bonchev–Trinajstić information content (AvgIpc) is 2.51. The predicted molar refractivity (Wildman–Crippen MR) is 84.7 cm³/mol. The Bertz CT molecular complexity index is 784. The molecule has 2 aromatic rings. The lowest BCUT2D eigenvalue weighted by molar-refractivity contribution is -0.0533. The molecule has 7 nitrogen and oxygen atoms in total. The Morgan fingerprint density at radius 2 is 2.13 bits per heavy atom. The summed E-state index contributed by atoms with van der Waals surface area (Å²) in [7, 11) is 0. The fraction of sp³-hybridized carbons (Fsp3) is 0.312. The highest BCUT2D eigenvalue weighted by Crippen LogP contribution is 2.41. The van der Waals surface area contributed by atoms with Crippen molar-refractivity contribution < 1.29 is 9.84 Å². The molecule has 0 fully saturated rings. The maximum absolute atomic E-state index is 10.7. The molecule has 3 rings (SSSR count).